The lowest BCUT2D eigenvalue weighted by Gasteiger charge is -2.25. The van der Waals surface area contributed by atoms with Crippen LogP contribution in [0.4, 0.5) is 13.2 Å². The van der Waals surface area contributed by atoms with Gasteiger partial charge in [0.2, 0.25) is 0 Å². The molecule has 2 aliphatic carbocycles. The molecule has 3 aliphatic rings. The summed E-state index contributed by atoms with van der Waals surface area (Å²) < 4.78 is 40.3. The van der Waals surface area contributed by atoms with Gasteiger partial charge in [0, 0.05) is 17.1 Å². The van der Waals surface area contributed by atoms with Crippen LogP contribution in [-0.4, -0.2) is 32.4 Å². The summed E-state index contributed by atoms with van der Waals surface area (Å²) in [6.45, 7) is -0.513. The van der Waals surface area contributed by atoms with E-state index in [1.54, 1.807) is 23.5 Å². The second kappa shape index (κ2) is 4.13. The molecule has 0 bridgehead atoms. The largest absolute Gasteiger partial charge is 0.480 e. The van der Waals surface area contributed by atoms with Gasteiger partial charge in [0.1, 0.15) is 10.6 Å². The summed E-state index contributed by atoms with van der Waals surface area (Å²) in [4.78, 5) is 11.0. The molecule has 9 heteroatoms. The molecule has 1 spiro atoms. The minimum Gasteiger partial charge on any atom is -0.480 e. The number of halogens is 3. The highest BCUT2D eigenvalue weighted by atomic mass is 32.2. The normalized spacial score (nSPS) is 28.7. The number of thioether (sulfide) groups is 2. The van der Waals surface area contributed by atoms with Crippen LogP contribution in [0, 0.1) is 5.92 Å². The summed E-state index contributed by atoms with van der Waals surface area (Å²) in [7, 11) is 0. The summed E-state index contributed by atoms with van der Waals surface area (Å²) in [5.41, 5.74) is -0.113. The molecule has 1 saturated heterocycles. The number of carboxylic acid groups (broad SMARTS) is 1. The van der Waals surface area contributed by atoms with Gasteiger partial charge in [-0.05, 0) is 18.3 Å². The van der Waals surface area contributed by atoms with Gasteiger partial charge in [-0.1, -0.05) is 0 Å². The van der Waals surface area contributed by atoms with Crippen molar-refractivity contribution in [1.82, 2.24) is 9.78 Å². The van der Waals surface area contributed by atoms with Crippen LogP contribution < -0.4 is 0 Å². The Hall–Kier alpha value is -0.830. The number of rotatable bonds is 2. The standard InChI is InChI=1S/C12H11F3N2O2S2/c13-12(14,15)9-8-5-3-6(5)11(20-1-2-21-11)10(8)17(16-9)4-7(18)19/h5-6H,1-4H2,(H,18,19)/t5-,6?/m1/s1. The van der Waals surface area contributed by atoms with Crippen LogP contribution >= 0.6 is 23.5 Å². The number of hydrogen-bond acceptors (Lipinski definition) is 4. The third-order valence-electron chi connectivity index (χ3n) is 4.24. The molecule has 1 N–H and O–H groups in total. The molecular formula is C12H11F3N2O2S2. The molecular weight excluding hydrogens is 325 g/mol. The van der Waals surface area contributed by atoms with Crippen LogP contribution in [0.3, 0.4) is 0 Å². The molecule has 0 amide bonds. The molecule has 2 fully saturated rings. The SMILES string of the molecule is O=C(O)Cn1nc(C(F)(F)F)c2c1C1(SCCS1)C1C[C@@H]21. The zero-order valence-electron chi connectivity index (χ0n) is 10.7. The van der Waals surface area contributed by atoms with E-state index in [2.05, 4.69) is 5.10 Å². The number of alkyl halides is 3. The molecule has 2 heterocycles. The zero-order chi connectivity index (χ0) is 15.0. The zero-order valence-corrected chi connectivity index (χ0v) is 12.3. The topological polar surface area (TPSA) is 55.1 Å². The van der Waals surface area contributed by atoms with E-state index in [-0.39, 0.29) is 17.4 Å². The van der Waals surface area contributed by atoms with Gasteiger partial charge in [-0.25, -0.2) is 0 Å². The molecule has 1 unspecified atom stereocenters. The van der Waals surface area contributed by atoms with Crippen molar-refractivity contribution >= 4 is 29.5 Å². The predicted molar refractivity (Wildman–Crippen MR) is 72.3 cm³/mol. The summed E-state index contributed by atoms with van der Waals surface area (Å²) in [5.74, 6) is 0.694. The van der Waals surface area contributed by atoms with Crippen LogP contribution in [0.25, 0.3) is 0 Å². The first kappa shape index (κ1) is 13.8. The van der Waals surface area contributed by atoms with Crippen molar-refractivity contribution in [2.45, 2.75) is 29.1 Å². The number of fused-ring (bicyclic) bond motifs is 5. The number of carbonyl (C=O) groups is 1. The van der Waals surface area contributed by atoms with Gasteiger partial charge in [0.15, 0.2) is 5.69 Å². The van der Waals surface area contributed by atoms with Crippen molar-refractivity contribution < 1.29 is 23.1 Å². The lowest BCUT2D eigenvalue weighted by molar-refractivity contribution is -0.143. The van der Waals surface area contributed by atoms with E-state index in [4.69, 9.17) is 5.11 Å². The highest BCUT2D eigenvalue weighted by molar-refractivity contribution is 8.20. The van der Waals surface area contributed by atoms with Crippen molar-refractivity contribution in [2.24, 2.45) is 5.92 Å². The van der Waals surface area contributed by atoms with E-state index in [9.17, 15) is 18.0 Å². The van der Waals surface area contributed by atoms with E-state index < -0.39 is 28.5 Å². The Morgan fingerprint density at radius 2 is 2.10 bits per heavy atom. The highest BCUT2D eigenvalue weighted by Crippen LogP contribution is 2.76. The fraction of sp³-hybridized carbons (Fsp3) is 0.667. The Kier molecular flexibility index (Phi) is 2.71. The molecule has 4 rings (SSSR count). The van der Waals surface area contributed by atoms with Crippen molar-refractivity contribution in [2.75, 3.05) is 11.5 Å². The Morgan fingerprint density at radius 3 is 2.67 bits per heavy atom. The summed E-state index contributed by atoms with van der Waals surface area (Å²) in [6, 6.07) is 0. The summed E-state index contributed by atoms with van der Waals surface area (Å²) in [6.07, 6.45) is -3.77. The van der Waals surface area contributed by atoms with Crippen molar-refractivity contribution in [1.29, 1.82) is 0 Å². The average molecular weight is 336 g/mol. The van der Waals surface area contributed by atoms with Gasteiger partial charge in [-0.15, -0.1) is 23.5 Å². The minimum atomic E-state index is -4.53. The van der Waals surface area contributed by atoms with Crippen molar-refractivity contribution in [3.63, 3.8) is 0 Å². The van der Waals surface area contributed by atoms with Gasteiger partial charge >= 0.3 is 12.1 Å². The average Bonchev–Trinajstić information content (AvgIpc) is 2.78. The van der Waals surface area contributed by atoms with Crippen LogP contribution in [0.5, 0.6) is 0 Å². The molecule has 21 heavy (non-hydrogen) atoms. The molecule has 114 valence electrons. The first-order chi connectivity index (χ1) is 9.84. The molecule has 1 saturated carbocycles. The van der Waals surface area contributed by atoms with Gasteiger partial charge in [-0.2, -0.15) is 18.3 Å². The molecule has 0 radical (unpaired) electrons. The highest BCUT2D eigenvalue weighted by Gasteiger charge is 2.67. The van der Waals surface area contributed by atoms with E-state index >= 15 is 0 Å². The first-order valence-electron chi connectivity index (χ1n) is 6.52. The van der Waals surface area contributed by atoms with Crippen LogP contribution in [0.1, 0.15) is 29.3 Å². The fourth-order valence-corrected chi connectivity index (χ4v) is 7.29. The Bertz CT molecular complexity index is 637. The molecule has 1 aromatic rings. The van der Waals surface area contributed by atoms with Crippen LogP contribution in [-0.2, 0) is 21.6 Å². The second-order valence-corrected chi connectivity index (χ2v) is 8.41. The van der Waals surface area contributed by atoms with Gasteiger partial charge in [0.05, 0.1) is 5.69 Å². The van der Waals surface area contributed by atoms with Gasteiger partial charge in [0.25, 0.3) is 0 Å². The fourth-order valence-electron chi connectivity index (χ4n) is 3.54. The molecule has 4 nitrogen and oxygen atoms in total. The predicted octanol–water partition coefficient (Wildman–Crippen LogP) is 2.74. The lowest BCUT2D eigenvalue weighted by atomic mass is 10.1. The summed E-state index contributed by atoms with van der Waals surface area (Å²) in [5, 5.41) is 12.6. The van der Waals surface area contributed by atoms with Gasteiger partial charge < -0.3 is 5.11 Å². The number of aromatic nitrogens is 2. The van der Waals surface area contributed by atoms with E-state index in [0.717, 1.165) is 22.6 Å². The minimum absolute atomic E-state index is 0.0998. The quantitative estimate of drug-likeness (QED) is 0.900. The molecule has 2 atom stereocenters. The lowest BCUT2D eigenvalue weighted by Crippen LogP contribution is -2.23. The van der Waals surface area contributed by atoms with Crippen molar-refractivity contribution in [3.8, 4) is 0 Å². The number of hydrogen-bond donors (Lipinski definition) is 1. The summed E-state index contributed by atoms with van der Waals surface area (Å²) >= 11 is 3.30. The smallest absolute Gasteiger partial charge is 0.435 e. The van der Waals surface area contributed by atoms with Crippen LogP contribution in [0.15, 0.2) is 0 Å². The second-order valence-electron chi connectivity index (χ2n) is 5.47. The van der Waals surface area contributed by atoms with E-state index in [0.29, 0.717) is 5.69 Å². The Labute approximate surface area is 126 Å². The third kappa shape index (κ3) is 1.79. The number of aliphatic carboxylic acids is 1. The Balaban J connectivity index is 1.92. The molecule has 1 aliphatic heterocycles. The van der Waals surface area contributed by atoms with Crippen molar-refractivity contribution in [3.05, 3.63) is 17.0 Å². The monoisotopic (exact) mass is 336 g/mol. The maximum Gasteiger partial charge on any atom is 0.435 e. The number of carboxylic acids is 1. The van der Waals surface area contributed by atoms with E-state index in [1.807, 2.05) is 0 Å². The molecule has 1 aromatic heterocycles. The van der Waals surface area contributed by atoms with Crippen LogP contribution in [0.2, 0.25) is 0 Å². The maximum atomic E-state index is 13.2. The van der Waals surface area contributed by atoms with E-state index in [1.165, 1.54) is 0 Å². The third-order valence-corrected chi connectivity index (χ3v) is 7.87. The number of nitrogens with zero attached hydrogens (tertiary/aromatic N) is 2. The first-order valence-corrected chi connectivity index (χ1v) is 8.50. The molecule has 0 aromatic carbocycles. The Morgan fingerprint density at radius 1 is 1.43 bits per heavy atom. The maximum absolute atomic E-state index is 13.2. The van der Waals surface area contributed by atoms with Gasteiger partial charge in [-0.3, -0.25) is 9.48 Å².